The third-order valence-corrected chi connectivity index (χ3v) is 3.58. The van der Waals surface area contributed by atoms with E-state index < -0.39 is 11.2 Å². The van der Waals surface area contributed by atoms with Crippen molar-refractivity contribution < 1.29 is 9.18 Å². The Balaban J connectivity index is 2.38. The first-order valence-electron chi connectivity index (χ1n) is 4.68. The van der Waals surface area contributed by atoms with Crippen LogP contribution in [0.5, 0.6) is 0 Å². The lowest BCUT2D eigenvalue weighted by molar-refractivity contribution is -0.115. The number of amides is 1. The zero-order valence-corrected chi connectivity index (χ0v) is 11.8. The van der Waals surface area contributed by atoms with E-state index in [1.165, 1.54) is 17.4 Å². The number of aromatic nitrogens is 1. The summed E-state index contributed by atoms with van der Waals surface area (Å²) in [5.74, 6) is -0.782. The highest BCUT2D eigenvalue weighted by Gasteiger charge is 2.14. The van der Waals surface area contributed by atoms with Crippen molar-refractivity contribution in [1.82, 2.24) is 4.98 Å². The Kier molecular flexibility index (Phi) is 3.65. The largest absolute Gasteiger partial charge is 0.301 e. The predicted molar refractivity (Wildman–Crippen MR) is 71.2 cm³/mol. The van der Waals surface area contributed by atoms with E-state index in [1.807, 2.05) is 0 Å². The number of alkyl halides is 1. The molecule has 0 bridgehead atoms. The number of halogens is 3. The van der Waals surface area contributed by atoms with Crippen LogP contribution in [-0.4, -0.2) is 16.3 Å². The third-order valence-electron chi connectivity index (χ3n) is 2.00. The van der Waals surface area contributed by atoms with E-state index in [9.17, 15) is 9.18 Å². The van der Waals surface area contributed by atoms with Gasteiger partial charge in [0.2, 0.25) is 5.91 Å². The van der Waals surface area contributed by atoms with E-state index >= 15 is 0 Å². The average Bonchev–Trinajstić information content (AvgIpc) is 2.60. The average molecular weight is 338 g/mol. The number of thiazole rings is 1. The first-order valence-corrected chi connectivity index (χ1v) is 6.72. The fourth-order valence-corrected chi connectivity index (χ4v) is 2.77. The van der Waals surface area contributed by atoms with Gasteiger partial charge in [0.25, 0.3) is 0 Å². The van der Waals surface area contributed by atoms with Crippen molar-refractivity contribution in [2.24, 2.45) is 0 Å². The smallest absolute Gasteiger partial charge is 0.243 e. The summed E-state index contributed by atoms with van der Waals surface area (Å²) in [6, 6.07) is 3.08. The number of carbonyl (C=O) groups is 1. The molecular weight excluding hydrogens is 331 g/mol. The van der Waals surface area contributed by atoms with Gasteiger partial charge >= 0.3 is 0 Å². The van der Waals surface area contributed by atoms with Gasteiger partial charge in [-0.1, -0.05) is 27.3 Å². The summed E-state index contributed by atoms with van der Waals surface area (Å²) in [5, 5.41) is 2.22. The standard InChI is InChI=1S/C10H7BrClFN2OS/c1-4(12)9(16)15-10-14-8-6(13)2-5(11)3-7(8)17-10/h2-4H,1H3,(H,14,15,16)/t4-/m1/s1. The summed E-state index contributed by atoms with van der Waals surface area (Å²) in [6.07, 6.45) is 0. The highest BCUT2D eigenvalue weighted by atomic mass is 79.9. The van der Waals surface area contributed by atoms with Gasteiger partial charge in [-0.05, 0) is 19.1 Å². The van der Waals surface area contributed by atoms with Gasteiger partial charge < -0.3 is 5.32 Å². The second-order valence-electron chi connectivity index (χ2n) is 3.36. The number of carbonyl (C=O) groups excluding carboxylic acids is 1. The molecule has 1 N–H and O–H groups in total. The Bertz CT molecular complexity index is 587. The molecule has 1 heterocycles. The van der Waals surface area contributed by atoms with Crippen LogP contribution in [0.15, 0.2) is 16.6 Å². The molecule has 2 aromatic rings. The number of hydrogen-bond acceptors (Lipinski definition) is 3. The van der Waals surface area contributed by atoms with Crippen LogP contribution in [0.4, 0.5) is 9.52 Å². The summed E-state index contributed by atoms with van der Waals surface area (Å²) >= 11 is 10.0. The molecule has 0 spiro atoms. The van der Waals surface area contributed by atoms with Gasteiger partial charge in [-0.25, -0.2) is 9.37 Å². The zero-order chi connectivity index (χ0) is 12.6. The summed E-state index contributed by atoms with van der Waals surface area (Å²) in [4.78, 5) is 15.4. The highest BCUT2D eigenvalue weighted by Crippen LogP contribution is 2.30. The van der Waals surface area contributed by atoms with Crippen LogP contribution < -0.4 is 5.32 Å². The molecule has 1 aromatic heterocycles. The maximum Gasteiger partial charge on any atom is 0.243 e. The van der Waals surface area contributed by atoms with Crippen LogP contribution in [0.3, 0.4) is 0 Å². The first kappa shape index (κ1) is 12.7. The summed E-state index contributed by atoms with van der Waals surface area (Å²) in [5.41, 5.74) is 0.246. The van der Waals surface area contributed by atoms with Crippen LogP contribution in [-0.2, 0) is 4.79 Å². The van der Waals surface area contributed by atoms with Crippen molar-refractivity contribution in [1.29, 1.82) is 0 Å². The van der Waals surface area contributed by atoms with E-state index in [0.717, 1.165) is 0 Å². The van der Waals surface area contributed by atoms with Gasteiger partial charge in [0.05, 0.1) is 4.70 Å². The molecule has 0 radical (unpaired) electrons. The van der Waals surface area contributed by atoms with Gasteiger partial charge in [0.15, 0.2) is 10.9 Å². The summed E-state index contributed by atoms with van der Waals surface area (Å²) in [6.45, 7) is 1.56. The molecule has 1 aromatic carbocycles. The van der Waals surface area contributed by atoms with Crippen LogP contribution in [0.25, 0.3) is 10.2 Å². The Morgan fingerprint density at radius 2 is 2.35 bits per heavy atom. The number of hydrogen-bond donors (Lipinski definition) is 1. The lowest BCUT2D eigenvalue weighted by atomic mass is 10.3. The Labute approximate surface area is 114 Å². The van der Waals surface area contributed by atoms with Crippen molar-refractivity contribution >= 4 is 60.1 Å². The lowest BCUT2D eigenvalue weighted by Gasteiger charge is -2.01. The highest BCUT2D eigenvalue weighted by molar-refractivity contribution is 9.10. The number of anilines is 1. The van der Waals surface area contributed by atoms with Crippen molar-refractivity contribution in [2.45, 2.75) is 12.3 Å². The maximum absolute atomic E-state index is 13.5. The zero-order valence-electron chi connectivity index (χ0n) is 8.63. The topological polar surface area (TPSA) is 42.0 Å². The van der Waals surface area contributed by atoms with E-state index in [4.69, 9.17) is 11.6 Å². The SMILES string of the molecule is C[C@@H](Cl)C(=O)Nc1nc2c(F)cc(Br)cc2s1. The number of fused-ring (bicyclic) bond motifs is 1. The molecule has 2 rings (SSSR count). The molecule has 1 atom stereocenters. The van der Waals surface area contributed by atoms with Gasteiger partial charge in [-0.15, -0.1) is 11.6 Å². The number of rotatable bonds is 2. The number of nitrogens with zero attached hydrogens (tertiary/aromatic N) is 1. The quantitative estimate of drug-likeness (QED) is 0.848. The molecule has 3 nitrogen and oxygen atoms in total. The van der Waals surface area contributed by atoms with Crippen molar-refractivity contribution in [3.63, 3.8) is 0 Å². The summed E-state index contributed by atoms with van der Waals surface area (Å²) < 4.78 is 14.8. The van der Waals surface area contributed by atoms with E-state index in [2.05, 4.69) is 26.2 Å². The van der Waals surface area contributed by atoms with E-state index in [0.29, 0.717) is 14.3 Å². The Morgan fingerprint density at radius 3 is 3.00 bits per heavy atom. The molecule has 0 saturated heterocycles. The monoisotopic (exact) mass is 336 g/mol. The molecule has 0 fully saturated rings. The fourth-order valence-electron chi connectivity index (χ4n) is 1.22. The molecule has 0 aliphatic heterocycles. The molecule has 0 unspecified atom stereocenters. The lowest BCUT2D eigenvalue weighted by Crippen LogP contribution is -2.20. The van der Waals surface area contributed by atoms with Crippen LogP contribution in [0.2, 0.25) is 0 Å². The number of benzene rings is 1. The van der Waals surface area contributed by atoms with E-state index in [-0.39, 0.29) is 11.4 Å². The minimum absolute atomic E-state index is 0.246. The molecule has 90 valence electrons. The fraction of sp³-hybridized carbons (Fsp3) is 0.200. The second kappa shape index (κ2) is 4.88. The van der Waals surface area contributed by atoms with Gasteiger partial charge in [-0.2, -0.15) is 0 Å². The Hall–Kier alpha value is -0.720. The number of nitrogens with one attached hydrogen (secondary N) is 1. The van der Waals surface area contributed by atoms with Crippen LogP contribution in [0, 0.1) is 5.82 Å². The molecule has 17 heavy (non-hydrogen) atoms. The molecular formula is C10H7BrClFN2OS. The van der Waals surface area contributed by atoms with E-state index in [1.54, 1.807) is 13.0 Å². The van der Waals surface area contributed by atoms with Gasteiger partial charge in [-0.3, -0.25) is 4.79 Å². The third kappa shape index (κ3) is 2.75. The predicted octanol–water partition coefficient (Wildman–Crippen LogP) is 3.76. The van der Waals surface area contributed by atoms with Crippen LogP contribution in [0.1, 0.15) is 6.92 Å². The van der Waals surface area contributed by atoms with Crippen molar-refractivity contribution in [3.05, 3.63) is 22.4 Å². The molecule has 0 saturated carbocycles. The van der Waals surface area contributed by atoms with Crippen molar-refractivity contribution in [3.8, 4) is 0 Å². The molecule has 7 heteroatoms. The van der Waals surface area contributed by atoms with Gasteiger partial charge in [0.1, 0.15) is 10.9 Å². The van der Waals surface area contributed by atoms with Crippen LogP contribution >= 0.6 is 38.9 Å². The second-order valence-corrected chi connectivity index (χ2v) is 5.96. The normalized spacial score (nSPS) is 12.7. The van der Waals surface area contributed by atoms with Crippen molar-refractivity contribution in [2.75, 3.05) is 5.32 Å². The minimum atomic E-state index is -0.654. The Morgan fingerprint density at radius 1 is 1.65 bits per heavy atom. The first-order chi connectivity index (χ1) is 7.97. The summed E-state index contributed by atoms with van der Waals surface area (Å²) in [7, 11) is 0. The molecule has 0 aliphatic rings. The maximum atomic E-state index is 13.5. The van der Waals surface area contributed by atoms with Gasteiger partial charge in [0, 0.05) is 4.47 Å². The molecule has 0 aliphatic carbocycles. The molecule has 1 amide bonds. The minimum Gasteiger partial charge on any atom is -0.301 e.